The first kappa shape index (κ1) is 19.5. The molecule has 0 fully saturated rings. The van der Waals surface area contributed by atoms with Crippen LogP contribution in [0.1, 0.15) is 20.8 Å². The fourth-order valence-corrected chi connectivity index (χ4v) is 0.937. The van der Waals surface area contributed by atoms with Gasteiger partial charge in [-0.05, 0) is 20.8 Å². The van der Waals surface area contributed by atoms with Gasteiger partial charge in [0.2, 0.25) is 0 Å². The maximum absolute atomic E-state index is 9.62. The van der Waals surface area contributed by atoms with Gasteiger partial charge < -0.3 is 20.4 Å². The molecule has 4 N–H and O–H groups in total. The highest BCUT2D eigenvalue weighted by Crippen LogP contribution is 2.25. The first-order chi connectivity index (χ1) is 7.41. The van der Waals surface area contributed by atoms with E-state index in [1.807, 2.05) is 0 Å². The topological polar surface area (TPSA) is 101 Å². The third-order valence-electron chi connectivity index (χ3n) is 1.54. The van der Waals surface area contributed by atoms with Gasteiger partial charge in [-0.25, -0.2) is 9.69 Å². The number of hydrogen-bond donors (Lipinski definition) is 4. The minimum Gasteiger partial charge on any atom is -0.478 e. The fraction of sp³-hybridized carbons (Fsp3) is 0.875. The molecule has 0 radical (unpaired) electrons. The van der Waals surface area contributed by atoms with Gasteiger partial charge in [0.05, 0.1) is 0 Å². The average Bonchev–Trinajstić information content (AvgIpc) is 1.99. The summed E-state index contributed by atoms with van der Waals surface area (Å²) in [7, 11) is 0. The molecule has 0 heterocycles. The Balaban J connectivity index is 0. The van der Waals surface area contributed by atoms with Crippen molar-refractivity contribution < 1.29 is 25.2 Å². The van der Waals surface area contributed by atoms with Crippen LogP contribution in [0.15, 0.2) is 0 Å². The van der Waals surface area contributed by atoms with E-state index in [4.69, 9.17) is 55.2 Å². The zero-order chi connectivity index (χ0) is 14.4. The highest BCUT2D eigenvalue weighted by Gasteiger charge is 2.29. The fourth-order valence-electron chi connectivity index (χ4n) is 0.937. The highest BCUT2D eigenvalue weighted by atomic mass is 35.6. The van der Waals surface area contributed by atoms with Crippen molar-refractivity contribution >= 4 is 40.8 Å². The van der Waals surface area contributed by atoms with Gasteiger partial charge in [-0.2, -0.15) is 0 Å². The van der Waals surface area contributed by atoms with Crippen LogP contribution in [-0.2, 0) is 4.79 Å². The van der Waals surface area contributed by atoms with Gasteiger partial charge in [-0.1, -0.05) is 34.8 Å². The van der Waals surface area contributed by atoms with E-state index in [-0.39, 0.29) is 0 Å². The summed E-state index contributed by atoms with van der Waals surface area (Å²) in [5.74, 6) is -1.46. The van der Waals surface area contributed by atoms with Gasteiger partial charge in [0.1, 0.15) is 18.7 Å². The van der Waals surface area contributed by atoms with E-state index < -0.39 is 28.4 Å². The van der Waals surface area contributed by atoms with Gasteiger partial charge in [-0.15, -0.1) is 0 Å². The lowest BCUT2D eigenvalue weighted by Crippen LogP contribution is -2.45. The Morgan fingerprint density at radius 3 is 1.18 bits per heavy atom. The molecule has 0 aromatic rings. The number of rotatable bonds is 3. The molecular weight excluding hydrogens is 296 g/mol. The Morgan fingerprint density at radius 2 is 1.18 bits per heavy atom. The number of aliphatic hydroxyl groups excluding tert-OH is 3. The Kier molecular flexibility index (Phi) is 9.54. The van der Waals surface area contributed by atoms with Gasteiger partial charge in [0.25, 0.3) is 3.79 Å². The summed E-state index contributed by atoms with van der Waals surface area (Å²) in [6.45, 7) is 4.46. The summed E-state index contributed by atoms with van der Waals surface area (Å²) < 4.78 is -2.17. The lowest BCUT2D eigenvalue weighted by atomic mass is 10.4. The summed E-state index contributed by atoms with van der Waals surface area (Å²) >= 11 is 14.4. The third kappa shape index (κ3) is 9.84. The van der Waals surface area contributed by atoms with Crippen molar-refractivity contribution in [2.45, 2.75) is 43.2 Å². The van der Waals surface area contributed by atoms with Crippen molar-refractivity contribution in [2.75, 3.05) is 0 Å². The van der Waals surface area contributed by atoms with Gasteiger partial charge in [0.15, 0.2) is 0 Å². The molecule has 0 aliphatic heterocycles. The van der Waals surface area contributed by atoms with Gasteiger partial charge >= 0.3 is 5.97 Å². The molecule has 104 valence electrons. The summed E-state index contributed by atoms with van der Waals surface area (Å²) in [5.41, 5.74) is 0. The van der Waals surface area contributed by atoms with Crippen LogP contribution in [0.5, 0.6) is 0 Å². The lowest BCUT2D eigenvalue weighted by molar-refractivity contribution is -0.159. The molecule has 3 unspecified atom stereocenters. The lowest BCUT2D eigenvalue weighted by Gasteiger charge is -2.30. The molecule has 0 rings (SSSR count). The number of hydrogen-bond acceptors (Lipinski definition) is 5. The van der Waals surface area contributed by atoms with E-state index in [1.165, 1.54) is 25.7 Å². The molecule has 6 nitrogen and oxygen atoms in total. The van der Waals surface area contributed by atoms with Crippen molar-refractivity contribution in [3.63, 3.8) is 0 Å². The normalized spacial score (nSPS) is 16.8. The van der Waals surface area contributed by atoms with Crippen molar-refractivity contribution in [1.82, 2.24) is 4.90 Å². The maximum atomic E-state index is 9.62. The van der Waals surface area contributed by atoms with E-state index in [0.717, 1.165) is 0 Å². The van der Waals surface area contributed by atoms with E-state index in [0.29, 0.717) is 0 Å². The predicted molar refractivity (Wildman–Crippen MR) is 64.8 cm³/mol. The molecule has 17 heavy (non-hydrogen) atoms. The summed E-state index contributed by atoms with van der Waals surface area (Å²) in [6, 6.07) is 0. The summed E-state index contributed by atoms with van der Waals surface area (Å²) in [5, 5.41) is 34.7. The summed E-state index contributed by atoms with van der Waals surface area (Å²) in [4.78, 5) is 10.8. The molecule has 0 amide bonds. The van der Waals surface area contributed by atoms with Crippen molar-refractivity contribution in [1.29, 1.82) is 0 Å². The first-order valence-corrected chi connectivity index (χ1v) is 5.66. The quantitative estimate of drug-likeness (QED) is 0.453. The third-order valence-corrected chi connectivity index (χ3v) is 2.02. The van der Waals surface area contributed by atoms with Gasteiger partial charge in [0, 0.05) is 0 Å². The van der Waals surface area contributed by atoms with Crippen LogP contribution in [0.2, 0.25) is 0 Å². The van der Waals surface area contributed by atoms with Crippen LogP contribution < -0.4 is 0 Å². The Labute approximate surface area is 114 Å². The van der Waals surface area contributed by atoms with Crippen LogP contribution in [-0.4, -0.2) is 53.8 Å². The number of carboxylic acid groups (broad SMARTS) is 1. The standard InChI is InChI=1S/C6H15NO3.C2HCl3O2/c1-4(8)7(5(2)9)6(3)10;3-2(4,5)1(6)7/h4-6,8-10H,1-3H3;(H,6,7). The molecule has 0 aliphatic rings. The molecule has 0 bridgehead atoms. The Bertz CT molecular complexity index is 211. The largest absolute Gasteiger partial charge is 0.478 e. The maximum Gasteiger partial charge on any atom is 0.356 e. The first-order valence-electron chi connectivity index (χ1n) is 4.53. The SMILES string of the molecule is CC(O)N(C(C)O)C(C)O.O=C(O)C(Cl)(Cl)Cl. The highest BCUT2D eigenvalue weighted by molar-refractivity contribution is 6.75. The second-order valence-corrected chi connectivity index (χ2v) is 5.43. The Morgan fingerprint density at radius 1 is 1.00 bits per heavy atom. The zero-order valence-corrected chi connectivity index (χ0v) is 11.8. The molecule has 0 saturated carbocycles. The average molecular weight is 313 g/mol. The number of aliphatic carboxylic acids is 1. The molecule has 0 aromatic carbocycles. The monoisotopic (exact) mass is 311 g/mol. The van der Waals surface area contributed by atoms with Gasteiger partial charge in [-0.3, -0.25) is 0 Å². The Hall–Kier alpha value is 0.180. The number of carbonyl (C=O) groups is 1. The van der Waals surface area contributed by atoms with Crippen molar-refractivity contribution in [2.24, 2.45) is 0 Å². The van der Waals surface area contributed by atoms with Crippen LogP contribution >= 0.6 is 34.8 Å². The van der Waals surface area contributed by atoms with E-state index >= 15 is 0 Å². The molecule has 0 spiro atoms. The second-order valence-electron chi connectivity index (χ2n) is 3.15. The summed E-state index contributed by atoms with van der Waals surface area (Å²) in [6.07, 6.45) is -2.50. The van der Waals surface area contributed by atoms with Crippen molar-refractivity contribution in [3.8, 4) is 0 Å². The smallest absolute Gasteiger partial charge is 0.356 e. The number of aliphatic hydroxyl groups is 3. The van der Waals surface area contributed by atoms with E-state index in [9.17, 15) is 4.79 Å². The minimum absolute atomic E-state index is 0.833. The molecule has 0 aliphatic carbocycles. The minimum atomic E-state index is -2.17. The van der Waals surface area contributed by atoms with Crippen LogP contribution in [0.4, 0.5) is 0 Å². The van der Waals surface area contributed by atoms with E-state index in [1.54, 1.807) is 0 Å². The molecule has 0 aromatic heterocycles. The molecule has 0 saturated heterocycles. The molecule has 9 heteroatoms. The predicted octanol–water partition coefficient (Wildman–Crippen LogP) is 0.744. The van der Waals surface area contributed by atoms with Crippen LogP contribution in [0.3, 0.4) is 0 Å². The number of nitrogens with zero attached hydrogens (tertiary/aromatic N) is 1. The van der Waals surface area contributed by atoms with Crippen LogP contribution in [0, 0.1) is 0 Å². The van der Waals surface area contributed by atoms with Crippen molar-refractivity contribution in [3.05, 3.63) is 0 Å². The van der Waals surface area contributed by atoms with Crippen LogP contribution in [0.25, 0.3) is 0 Å². The molecular formula is C8H16Cl3NO5. The number of carboxylic acids is 1. The molecule has 3 atom stereocenters. The second kappa shape index (κ2) is 8.31. The number of halogens is 3. The number of alkyl halides is 3. The van der Waals surface area contributed by atoms with E-state index in [2.05, 4.69) is 0 Å². The zero-order valence-electron chi connectivity index (χ0n) is 9.51.